The first-order chi connectivity index (χ1) is 8.90. The Morgan fingerprint density at radius 2 is 2.21 bits per heavy atom. The molecular weight excluding hydrogens is 333 g/mol. The largest absolute Gasteiger partial charge is 0.336 e. The number of carbonyl (C=O) groups is 1. The van der Waals surface area contributed by atoms with Gasteiger partial charge in [-0.15, -0.1) is 11.3 Å². The third-order valence-electron chi connectivity index (χ3n) is 2.53. The fraction of sp³-hybridized carbons (Fsp3) is 0.444. The summed E-state index contributed by atoms with van der Waals surface area (Å²) in [6.45, 7) is 1.59. The van der Waals surface area contributed by atoms with Crippen molar-refractivity contribution in [2.45, 2.75) is 4.90 Å². The van der Waals surface area contributed by atoms with Crippen LogP contribution in [0.3, 0.4) is 0 Å². The van der Waals surface area contributed by atoms with Crippen molar-refractivity contribution in [1.82, 2.24) is 14.9 Å². The molecule has 1 aliphatic heterocycles. The number of halogens is 2. The second kappa shape index (κ2) is 5.84. The Bertz CT molecular complexity index is 588. The predicted octanol–water partition coefficient (Wildman–Crippen LogP) is 1.36. The van der Waals surface area contributed by atoms with Crippen LogP contribution in [0.2, 0.25) is 8.67 Å². The summed E-state index contributed by atoms with van der Waals surface area (Å²) in [5, 5.41) is 2.63. The zero-order valence-electron chi connectivity index (χ0n) is 9.65. The van der Waals surface area contributed by atoms with Gasteiger partial charge in [-0.1, -0.05) is 23.2 Å². The average molecular weight is 344 g/mol. The highest BCUT2D eigenvalue weighted by Gasteiger charge is 2.23. The lowest BCUT2D eigenvalue weighted by atomic mass is 10.5. The lowest BCUT2D eigenvalue weighted by Gasteiger charge is -2.14. The van der Waals surface area contributed by atoms with Gasteiger partial charge in [0.05, 0.1) is 4.34 Å². The van der Waals surface area contributed by atoms with Crippen LogP contribution in [0.1, 0.15) is 0 Å². The lowest BCUT2D eigenvalue weighted by molar-refractivity contribution is 0.218. The molecule has 1 aromatic heterocycles. The molecule has 0 saturated carbocycles. The fourth-order valence-corrected chi connectivity index (χ4v) is 4.79. The second-order valence-electron chi connectivity index (χ2n) is 3.81. The molecule has 2 heterocycles. The van der Waals surface area contributed by atoms with Crippen molar-refractivity contribution in [1.29, 1.82) is 0 Å². The minimum absolute atomic E-state index is 0.0324. The number of sulfonamides is 1. The number of carbonyl (C=O) groups excluding carboxylic acids is 1. The van der Waals surface area contributed by atoms with Crippen molar-refractivity contribution >= 4 is 50.6 Å². The number of amides is 2. The number of hydrogen-bond acceptors (Lipinski definition) is 4. The molecule has 10 heteroatoms. The standard InChI is InChI=1S/C9H11Cl2N3O3S2/c10-7-5-6(8(11)18-7)19(16,17)13-2-4-14-3-1-12-9(14)15/h5,13H,1-4H2,(H,12,15). The van der Waals surface area contributed by atoms with E-state index in [4.69, 9.17) is 23.2 Å². The highest BCUT2D eigenvalue weighted by molar-refractivity contribution is 7.89. The quantitative estimate of drug-likeness (QED) is 0.847. The molecule has 1 aromatic rings. The Morgan fingerprint density at radius 3 is 2.74 bits per heavy atom. The molecule has 0 spiro atoms. The normalized spacial score (nSPS) is 15.9. The highest BCUT2D eigenvalue weighted by atomic mass is 35.5. The molecular formula is C9H11Cl2N3O3S2. The number of urea groups is 1. The summed E-state index contributed by atoms with van der Waals surface area (Å²) >= 11 is 12.5. The van der Waals surface area contributed by atoms with Crippen LogP contribution < -0.4 is 10.0 Å². The molecule has 0 bridgehead atoms. The van der Waals surface area contributed by atoms with E-state index in [0.717, 1.165) is 11.3 Å². The Labute approximate surface area is 124 Å². The lowest BCUT2D eigenvalue weighted by Crippen LogP contribution is -2.36. The van der Waals surface area contributed by atoms with Crippen LogP contribution in [0.15, 0.2) is 11.0 Å². The van der Waals surface area contributed by atoms with E-state index in [9.17, 15) is 13.2 Å². The first-order valence-electron chi connectivity index (χ1n) is 5.37. The molecule has 0 aromatic carbocycles. The van der Waals surface area contributed by atoms with Gasteiger partial charge in [-0.05, 0) is 6.07 Å². The van der Waals surface area contributed by atoms with E-state index in [1.807, 2.05) is 0 Å². The van der Waals surface area contributed by atoms with E-state index in [-0.39, 0.29) is 21.8 Å². The zero-order valence-corrected chi connectivity index (χ0v) is 12.8. The van der Waals surface area contributed by atoms with Gasteiger partial charge in [0.15, 0.2) is 0 Å². The van der Waals surface area contributed by atoms with Crippen molar-refractivity contribution in [2.24, 2.45) is 0 Å². The highest BCUT2D eigenvalue weighted by Crippen LogP contribution is 2.33. The van der Waals surface area contributed by atoms with Gasteiger partial charge >= 0.3 is 6.03 Å². The Kier molecular flexibility index (Phi) is 4.57. The van der Waals surface area contributed by atoms with Gasteiger partial charge in [-0.25, -0.2) is 17.9 Å². The third kappa shape index (κ3) is 3.51. The van der Waals surface area contributed by atoms with Crippen molar-refractivity contribution in [3.8, 4) is 0 Å². The molecule has 19 heavy (non-hydrogen) atoms. The van der Waals surface area contributed by atoms with Gasteiger partial charge in [-0.3, -0.25) is 0 Å². The minimum atomic E-state index is -3.69. The zero-order chi connectivity index (χ0) is 14.0. The summed E-state index contributed by atoms with van der Waals surface area (Å²) in [7, 11) is -3.69. The SMILES string of the molecule is O=C1NCCN1CCNS(=O)(=O)c1cc(Cl)sc1Cl. The van der Waals surface area contributed by atoms with Crippen LogP contribution in [-0.4, -0.2) is 45.5 Å². The molecule has 2 amide bonds. The van der Waals surface area contributed by atoms with Crippen LogP contribution >= 0.6 is 34.5 Å². The summed E-state index contributed by atoms with van der Waals surface area (Å²) in [5.74, 6) is 0. The van der Waals surface area contributed by atoms with E-state index in [0.29, 0.717) is 24.0 Å². The smallest absolute Gasteiger partial charge is 0.317 e. The van der Waals surface area contributed by atoms with Crippen LogP contribution in [0, 0.1) is 0 Å². The summed E-state index contributed by atoms with van der Waals surface area (Å²) in [6, 6.07) is 1.12. The molecule has 6 nitrogen and oxygen atoms in total. The molecule has 1 fully saturated rings. The van der Waals surface area contributed by atoms with Crippen LogP contribution in [0.5, 0.6) is 0 Å². The number of nitrogens with zero attached hydrogens (tertiary/aromatic N) is 1. The number of hydrogen-bond donors (Lipinski definition) is 2. The minimum Gasteiger partial charge on any atom is -0.336 e. The molecule has 2 N–H and O–H groups in total. The van der Waals surface area contributed by atoms with Gasteiger partial charge in [0, 0.05) is 26.2 Å². The van der Waals surface area contributed by atoms with Crippen LogP contribution in [0.4, 0.5) is 4.79 Å². The monoisotopic (exact) mass is 343 g/mol. The summed E-state index contributed by atoms with van der Waals surface area (Å²) < 4.78 is 26.7. The molecule has 106 valence electrons. The maximum Gasteiger partial charge on any atom is 0.317 e. The Morgan fingerprint density at radius 1 is 1.47 bits per heavy atom. The fourth-order valence-electron chi connectivity index (χ4n) is 1.63. The average Bonchev–Trinajstić information content (AvgIpc) is 2.86. The summed E-state index contributed by atoms with van der Waals surface area (Å²) in [5.41, 5.74) is 0. The topological polar surface area (TPSA) is 78.5 Å². The van der Waals surface area contributed by atoms with Gasteiger partial charge in [-0.2, -0.15) is 0 Å². The molecule has 1 aliphatic rings. The second-order valence-corrected chi connectivity index (χ2v) is 7.83. The van der Waals surface area contributed by atoms with E-state index in [2.05, 4.69) is 10.0 Å². The molecule has 2 rings (SSSR count). The first kappa shape index (κ1) is 14.9. The maximum absolute atomic E-state index is 12.0. The van der Waals surface area contributed by atoms with Crippen LogP contribution in [-0.2, 0) is 10.0 Å². The molecule has 0 unspecified atom stereocenters. The van der Waals surface area contributed by atoms with Crippen LogP contribution in [0.25, 0.3) is 0 Å². The Balaban J connectivity index is 1.95. The van der Waals surface area contributed by atoms with Crippen molar-refractivity contribution in [2.75, 3.05) is 26.2 Å². The van der Waals surface area contributed by atoms with E-state index in [1.54, 1.807) is 0 Å². The Hall–Kier alpha value is -0.540. The summed E-state index contributed by atoms with van der Waals surface area (Å²) in [6.07, 6.45) is 0. The molecule has 0 atom stereocenters. The number of rotatable bonds is 5. The van der Waals surface area contributed by atoms with Crippen molar-refractivity contribution in [3.05, 3.63) is 14.7 Å². The van der Waals surface area contributed by atoms with E-state index >= 15 is 0 Å². The van der Waals surface area contributed by atoms with Crippen molar-refractivity contribution in [3.63, 3.8) is 0 Å². The maximum atomic E-state index is 12.0. The van der Waals surface area contributed by atoms with Crippen molar-refractivity contribution < 1.29 is 13.2 Å². The molecule has 1 saturated heterocycles. The van der Waals surface area contributed by atoms with E-state index in [1.165, 1.54) is 11.0 Å². The van der Waals surface area contributed by atoms with E-state index < -0.39 is 10.0 Å². The summed E-state index contributed by atoms with van der Waals surface area (Å²) in [4.78, 5) is 12.8. The molecule has 0 aliphatic carbocycles. The van der Waals surface area contributed by atoms with Gasteiger partial charge in [0.25, 0.3) is 0 Å². The van der Waals surface area contributed by atoms with Gasteiger partial charge in [0.1, 0.15) is 9.23 Å². The predicted molar refractivity (Wildman–Crippen MR) is 74.5 cm³/mol. The first-order valence-corrected chi connectivity index (χ1v) is 8.43. The number of thiophene rings is 1. The molecule has 0 radical (unpaired) electrons. The van der Waals surface area contributed by atoms with Gasteiger partial charge in [0.2, 0.25) is 10.0 Å². The number of nitrogens with one attached hydrogen (secondary N) is 2. The van der Waals surface area contributed by atoms with Gasteiger partial charge < -0.3 is 10.2 Å². The third-order valence-corrected chi connectivity index (χ3v) is 5.75.